The maximum atomic E-state index is 5.81. The number of aryl methyl sites for hydroxylation is 1. The maximum Gasteiger partial charge on any atom is 0.178 e. The molecule has 1 aliphatic rings. The van der Waals surface area contributed by atoms with Crippen molar-refractivity contribution in [1.29, 1.82) is 0 Å². The summed E-state index contributed by atoms with van der Waals surface area (Å²) < 4.78 is 8.05. The summed E-state index contributed by atoms with van der Waals surface area (Å²) in [5.41, 5.74) is 1.90. The van der Waals surface area contributed by atoms with E-state index in [2.05, 4.69) is 21.3 Å². The lowest BCUT2D eigenvalue weighted by Gasteiger charge is -2.22. The van der Waals surface area contributed by atoms with Crippen LogP contribution in [0.3, 0.4) is 0 Å². The predicted octanol–water partition coefficient (Wildman–Crippen LogP) is 4.14. The average molecular weight is 313 g/mol. The number of rotatable bonds is 3. The molecular weight excluding hydrogens is 294 g/mol. The minimum atomic E-state index is 0.688. The van der Waals surface area contributed by atoms with E-state index in [9.17, 15) is 0 Å². The molecule has 1 saturated heterocycles. The van der Waals surface area contributed by atoms with E-state index in [1.54, 1.807) is 0 Å². The third kappa shape index (κ3) is 2.54. The van der Waals surface area contributed by atoms with Crippen LogP contribution in [0.2, 0.25) is 0 Å². The number of imidazole rings is 1. The largest absolute Gasteiger partial charge is 0.458 e. The van der Waals surface area contributed by atoms with Crippen LogP contribution in [0.1, 0.15) is 18.6 Å². The Labute approximate surface area is 133 Å². The number of nitrogens with zero attached hydrogens (tertiary/aromatic N) is 3. The molecule has 0 aliphatic carbocycles. The van der Waals surface area contributed by atoms with Gasteiger partial charge in [-0.1, -0.05) is 0 Å². The van der Waals surface area contributed by atoms with Crippen LogP contribution in [-0.2, 0) is 6.54 Å². The second kappa shape index (κ2) is 5.80. The second-order valence-corrected chi connectivity index (χ2v) is 7.04. The highest BCUT2D eigenvalue weighted by atomic mass is 32.2. The fourth-order valence-electron chi connectivity index (χ4n) is 3.08. The fraction of sp³-hybridized carbons (Fsp3) is 0.412. The van der Waals surface area contributed by atoms with E-state index in [1.807, 2.05) is 37.4 Å². The predicted molar refractivity (Wildman–Crippen MR) is 90.0 cm³/mol. The number of hydrogen-bond donors (Lipinski definition) is 0. The van der Waals surface area contributed by atoms with Crippen molar-refractivity contribution in [3.8, 4) is 11.6 Å². The summed E-state index contributed by atoms with van der Waals surface area (Å²) in [4.78, 5) is 9.31. The molecule has 0 aromatic carbocycles. The zero-order valence-corrected chi connectivity index (χ0v) is 13.5. The van der Waals surface area contributed by atoms with Crippen LogP contribution in [-0.4, -0.2) is 26.0 Å². The number of fused-ring (bicyclic) bond motifs is 1. The first-order chi connectivity index (χ1) is 10.8. The number of pyridine rings is 1. The van der Waals surface area contributed by atoms with Gasteiger partial charge in [0, 0.05) is 12.7 Å². The summed E-state index contributed by atoms with van der Waals surface area (Å²) in [7, 11) is 0. The van der Waals surface area contributed by atoms with Gasteiger partial charge in [0.05, 0.1) is 0 Å². The minimum absolute atomic E-state index is 0.688. The quantitative estimate of drug-likeness (QED) is 0.729. The van der Waals surface area contributed by atoms with E-state index in [1.165, 1.54) is 24.3 Å². The molecule has 22 heavy (non-hydrogen) atoms. The van der Waals surface area contributed by atoms with E-state index in [4.69, 9.17) is 9.40 Å². The number of aromatic nitrogens is 3. The molecule has 0 saturated carbocycles. The SMILES string of the molecule is Cc1ccc(-c2nc3cccnc3n2CC2CCCSC2)o1. The van der Waals surface area contributed by atoms with Gasteiger partial charge in [0.25, 0.3) is 0 Å². The summed E-state index contributed by atoms with van der Waals surface area (Å²) in [6, 6.07) is 7.95. The summed E-state index contributed by atoms with van der Waals surface area (Å²) in [5, 5.41) is 0. The van der Waals surface area contributed by atoms with Crippen LogP contribution in [0.4, 0.5) is 0 Å². The Hall–Kier alpha value is -1.75. The number of hydrogen-bond acceptors (Lipinski definition) is 4. The zero-order chi connectivity index (χ0) is 14.9. The van der Waals surface area contributed by atoms with Gasteiger partial charge in [-0.2, -0.15) is 11.8 Å². The Morgan fingerprint density at radius 2 is 2.32 bits per heavy atom. The molecule has 4 nitrogen and oxygen atoms in total. The van der Waals surface area contributed by atoms with Gasteiger partial charge in [-0.25, -0.2) is 9.97 Å². The molecule has 1 aliphatic heterocycles. The molecule has 0 spiro atoms. The first kappa shape index (κ1) is 13.9. The zero-order valence-electron chi connectivity index (χ0n) is 12.7. The topological polar surface area (TPSA) is 43.9 Å². The summed E-state index contributed by atoms with van der Waals surface area (Å²) in [5.74, 6) is 5.85. The summed E-state index contributed by atoms with van der Waals surface area (Å²) >= 11 is 2.06. The van der Waals surface area contributed by atoms with Crippen molar-refractivity contribution in [1.82, 2.24) is 14.5 Å². The van der Waals surface area contributed by atoms with Crippen molar-refractivity contribution < 1.29 is 4.42 Å². The van der Waals surface area contributed by atoms with E-state index in [0.29, 0.717) is 5.92 Å². The van der Waals surface area contributed by atoms with Gasteiger partial charge in [0.2, 0.25) is 0 Å². The van der Waals surface area contributed by atoms with Gasteiger partial charge >= 0.3 is 0 Å². The molecule has 114 valence electrons. The van der Waals surface area contributed by atoms with Gasteiger partial charge in [-0.05, 0) is 61.5 Å². The molecule has 5 heteroatoms. The van der Waals surface area contributed by atoms with Crippen LogP contribution < -0.4 is 0 Å². The Bertz CT molecular complexity index is 786. The molecule has 0 bridgehead atoms. The lowest BCUT2D eigenvalue weighted by Crippen LogP contribution is -2.18. The number of furan rings is 1. The Morgan fingerprint density at radius 1 is 1.36 bits per heavy atom. The van der Waals surface area contributed by atoms with E-state index < -0.39 is 0 Å². The average Bonchev–Trinajstić information content (AvgIpc) is 3.13. The van der Waals surface area contributed by atoms with Crippen LogP contribution >= 0.6 is 11.8 Å². The first-order valence-corrected chi connectivity index (χ1v) is 8.92. The molecule has 0 radical (unpaired) electrons. The van der Waals surface area contributed by atoms with Crippen molar-refractivity contribution in [2.75, 3.05) is 11.5 Å². The third-order valence-corrected chi connectivity index (χ3v) is 5.44. The molecule has 3 aromatic heterocycles. The fourth-order valence-corrected chi connectivity index (χ4v) is 4.23. The van der Waals surface area contributed by atoms with Gasteiger partial charge in [-0.3, -0.25) is 0 Å². The second-order valence-electron chi connectivity index (χ2n) is 5.89. The highest BCUT2D eigenvalue weighted by Crippen LogP contribution is 2.29. The number of thioether (sulfide) groups is 1. The first-order valence-electron chi connectivity index (χ1n) is 7.77. The van der Waals surface area contributed by atoms with E-state index in [0.717, 1.165) is 35.1 Å². The highest BCUT2D eigenvalue weighted by Gasteiger charge is 2.21. The smallest absolute Gasteiger partial charge is 0.178 e. The van der Waals surface area contributed by atoms with Crippen molar-refractivity contribution in [3.05, 3.63) is 36.2 Å². The molecule has 1 atom stereocenters. The van der Waals surface area contributed by atoms with Gasteiger partial charge in [0.1, 0.15) is 11.3 Å². The highest BCUT2D eigenvalue weighted by molar-refractivity contribution is 7.99. The molecule has 1 fully saturated rings. The molecule has 0 amide bonds. The standard InChI is InChI=1S/C17H19N3OS/c1-12-6-7-15(21-12)17-19-14-5-2-8-18-16(14)20(17)10-13-4-3-9-22-11-13/h2,5-8,13H,3-4,9-11H2,1H3. The molecule has 1 unspecified atom stereocenters. The van der Waals surface area contributed by atoms with Crippen LogP contribution in [0.15, 0.2) is 34.9 Å². The van der Waals surface area contributed by atoms with Crippen molar-refractivity contribution >= 4 is 22.9 Å². The molecule has 0 N–H and O–H groups in total. The van der Waals surface area contributed by atoms with Crippen molar-refractivity contribution in [2.45, 2.75) is 26.3 Å². The lowest BCUT2D eigenvalue weighted by molar-refractivity contribution is 0.448. The lowest BCUT2D eigenvalue weighted by atomic mass is 10.1. The van der Waals surface area contributed by atoms with E-state index in [-0.39, 0.29) is 0 Å². The normalized spacial score (nSPS) is 18.9. The summed E-state index contributed by atoms with van der Waals surface area (Å²) in [6.07, 6.45) is 4.44. The van der Waals surface area contributed by atoms with Crippen molar-refractivity contribution in [3.63, 3.8) is 0 Å². The monoisotopic (exact) mass is 313 g/mol. The Morgan fingerprint density at radius 3 is 3.09 bits per heavy atom. The minimum Gasteiger partial charge on any atom is -0.458 e. The van der Waals surface area contributed by atoms with Gasteiger partial charge in [-0.15, -0.1) is 0 Å². The Kier molecular flexibility index (Phi) is 3.66. The van der Waals surface area contributed by atoms with Crippen molar-refractivity contribution in [2.24, 2.45) is 5.92 Å². The van der Waals surface area contributed by atoms with Crippen LogP contribution in [0.5, 0.6) is 0 Å². The molecular formula is C17H19N3OS. The van der Waals surface area contributed by atoms with Gasteiger partial charge < -0.3 is 8.98 Å². The van der Waals surface area contributed by atoms with Crippen LogP contribution in [0, 0.1) is 12.8 Å². The molecule has 4 rings (SSSR count). The summed E-state index contributed by atoms with van der Waals surface area (Å²) in [6.45, 7) is 2.93. The molecule has 3 aromatic rings. The maximum absolute atomic E-state index is 5.81. The Balaban J connectivity index is 1.79. The van der Waals surface area contributed by atoms with E-state index >= 15 is 0 Å². The van der Waals surface area contributed by atoms with Gasteiger partial charge in [0.15, 0.2) is 17.2 Å². The molecule has 4 heterocycles. The third-order valence-electron chi connectivity index (χ3n) is 4.16. The van der Waals surface area contributed by atoms with Crippen LogP contribution in [0.25, 0.3) is 22.7 Å².